The van der Waals surface area contributed by atoms with Gasteiger partial charge in [0.2, 0.25) is 0 Å². The topological polar surface area (TPSA) is 43.1 Å². The first-order valence-corrected chi connectivity index (χ1v) is 7.90. The van der Waals surface area contributed by atoms with Crippen LogP contribution in [0, 0.1) is 6.57 Å². The average Bonchev–Trinajstić information content (AvgIpc) is 2.88. The van der Waals surface area contributed by atoms with Gasteiger partial charge in [0, 0.05) is 13.0 Å². The van der Waals surface area contributed by atoms with E-state index in [4.69, 9.17) is 16.0 Å². The van der Waals surface area contributed by atoms with Gasteiger partial charge in [-0.3, -0.25) is 4.79 Å². The summed E-state index contributed by atoms with van der Waals surface area (Å²) in [4.78, 5) is 18.5. The monoisotopic (exact) mass is 315 g/mol. The van der Waals surface area contributed by atoms with Crippen LogP contribution in [0.25, 0.3) is 4.85 Å². The van der Waals surface area contributed by atoms with Gasteiger partial charge in [0.15, 0.2) is 11.5 Å². The number of likely N-dealkylation sites (tertiary alicyclic amines) is 1. The first-order chi connectivity index (χ1) is 11.0. The van der Waals surface area contributed by atoms with E-state index in [0.717, 1.165) is 24.9 Å². The van der Waals surface area contributed by atoms with E-state index in [1.54, 1.807) is 14.2 Å². The Labute approximate surface area is 137 Å². The van der Waals surface area contributed by atoms with Crippen molar-refractivity contribution in [1.82, 2.24) is 4.90 Å². The molecule has 0 amide bonds. The number of benzene rings is 1. The van der Waals surface area contributed by atoms with Gasteiger partial charge in [0.1, 0.15) is 12.2 Å². The second-order valence-corrected chi connectivity index (χ2v) is 6.48. The van der Waals surface area contributed by atoms with Crippen molar-refractivity contribution in [1.29, 1.82) is 0 Å². The molecular weight excluding hydrogens is 292 g/mol. The summed E-state index contributed by atoms with van der Waals surface area (Å²) in [6.45, 7) is 6.72. The number of carbonyl (C=O) groups excluding carboxylic acids is 1. The van der Waals surface area contributed by atoms with E-state index < -0.39 is 5.66 Å². The van der Waals surface area contributed by atoms with Gasteiger partial charge in [-0.25, -0.2) is 4.90 Å². The molecule has 0 bridgehead atoms. The molecule has 0 radical (unpaired) electrons. The first kappa shape index (κ1) is 15.8. The molecule has 2 aliphatic rings. The van der Waals surface area contributed by atoms with E-state index in [2.05, 4.69) is 15.8 Å². The first-order valence-electron chi connectivity index (χ1n) is 7.90. The zero-order chi connectivity index (χ0) is 16.7. The summed E-state index contributed by atoms with van der Waals surface area (Å²) in [5.41, 5.74) is 0.188. The summed E-state index contributed by atoms with van der Waals surface area (Å²) in [6, 6.07) is 5.98. The third-order valence-electron chi connectivity index (χ3n) is 5.70. The van der Waals surface area contributed by atoms with Crippen molar-refractivity contribution in [3.05, 3.63) is 28.6 Å². The molecule has 1 aliphatic carbocycles. The molecule has 0 unspecified atom stereocenters. The zero-order valence-electron chi connectivity index (χ0n) is 14.0. The molecule has 0 aromatic heterocycles. The number of carbonyl (C=O) groups is 1. The molecule has 2 fully saturated rings. The molecule has 1 heterocycles. The Morgan fingerprint density at radius 3 is 2.61 bits per heavy atom. The maximum Gasteiger partial charge on any atom is 0.353 e. The van der Waals surface area contributed by atoms with Crippen LogP contribution >= 0.6 is 0 Å². The summed E-state index contributed by atoms with van der Waals surface area (Å²) < 4.78 is 10.8. The molecular formula is C18H23N2O3+. The highest BCUT2D eigenvalue weighted by atomic mass is 16.5. The maximum absolute atomic E-state index is 12.1. The van der Waals surface area contributed by atoms with Crippen LogP contribution in [-0.4, -0.2) is 44.2 Å². The standard InChI is InChI=1S/C18H23N2O3/c1-19-18-12-14(21)7-8-17(18,9-10-20(18)2)13-5-6-15(22-3)16(11-13)23-4/h1,5-6,11H,7-10,12H2,2-4H3/q+1/t17-,18-/m0/s1. The SMILES string of the molecule is C#[N+][C@]12CC(=O)CC[C@@]1(c1ccc(OC)c(OC)c1)CCN2C. The van der Waals surface area contributed by atoms with Crippen molar-refractivity contribution in [3.8, 4) is 18.1 Å². The Morgan fingerprint density at radius 2 is 1.96 bits per heavy atom. The highest BCUT2D eigenvalue weighted by Crippen LogP contribution is 2.56. The number of methoxy groups -OCH3 is 2. The fourth-order valence-corrected chi connectivity index (χ4v) is 4.38. The molecule has 3 rings (SSSR count). The number of likely N-dealkylation sites (N-methyl/N-ethyl adjacent to an activating group) is 1. The van der Waals surface area contributed by atoms with Crippen molar-refractivity contribution < 1.29 is 14.3 Å². The Kier molecular flexibility index (Phi) is 3.81. The minimum atomic E-state index is -0.665. The maximum atomic E-state index is 12.1. The van der Waals surface area contributed by atoms with Crippen LogP contribution in [0.1, 0.15) is 31.2 Å². The molecule has 1 saturated heterocycles. The lowest BCUT2D eigenvalue weighted by Crippen LogP contribution is -2.56. The van der Waals surface area contributed by atoms with Gasteiger partial charge < -0.3 is 9.47 Å². The molecule has 122 valence electrons. The van der Waals surface area contributed by atoms with Gasteiger partial charge in [-0.05, 0) is 37.6 Å². The number of hydrogen-bond acceptors (Lipinski definition) is 4. The number of hydrogen-bond donors (Lipinski definition) is 0. The zero-order valence-corrected chi connectivity index (χ0v) is 14.0. The normalized spacial score (nSPS) is 30.6. The molecule has 1 aliphatic heterocycles. The third kappa shape index (κ3) is 2.05. The molecule has 0 spiro atoms. The highest BCUT2D eigenvalue weighted by molar-refractivity contribution is 5.82. The second-order valence-electron chi connectivity index (χ2n) is 6.48. The van der Waals surface area contributed by atoms with Crippen LogP contribution in [0.4, 0.5) is 0 Å². The lowest BCUT2D eigenvalue weighted by molar-refractivity contribution is -0.124. The number of ketones is 1. The van der Waals surface area contributed by atoms with E-state index in [1.807, 2.05) is 19.2 Å². The molecule has 1 aromatic carbocycles. The van der Waals surface area contributed by atoms with Gasteiger partial charge in [-0.15, -0.1) is 0 Å². The van der Waals surface area contributed by atoms with Crippen LogP contribution < -0.4 is 9.47 Å². The van der Waals surface area contributed by atoms with Gasteiger partial charge >= 0.3 is 5.66 Å². The lowest BCUT2D eigenvalue weighted by Gasteiger charge is -2.40. The number of fused-ring (bicyclic) bond motifs is 1. The van der Waals surface area contributed by atoms with Crippen LogP contribution in [-0.2, 0) is 10.2 Å². The summed E-state index contributed by atoms with van der Waals surface area (Å²) in [6.07, 6.45) is 2.62. The summed E-state index contributed by atoms with van der Waals surface area (Å²) in [7, 11) is 5.25. The smallest absolute Gasteiger partial charge is 0.353 e. The van der Waals surface area contributed by atoms with Crippen molar-refractivity contribution in [3.63, 3.8) is 0 Å². The van der Waals surface area contributed by atoms with Gasteiger partial charge in [-0.1, -0.05) is 10.9 Å². The van der Waals surface area contributed by atoms with Gasteiger partial charge in [-0.2, -0.15) is 0 Å². The Balaban J connectivity index is 2.16. The highest BCUT2D eigenvalue weighted by Gasteiger charge is 2.70. The number of nitrogens with zero attached hydrogens (tertiary/aromatic N) is 2. The number of ether oxygens (including phenoxy) is 2. The molecule has 5 heteroatoms. The Hall–Kier alpha value is -2.06. The fourth-order valence-electron chi connectivity index (χ4n) is 4.38. The van der Waals surface area contributed by atoms with Gasteiger partial charge in [0.25, 0.3) is 6.57 Å². The molecule has 2 atom stereocenters. The average molecular weight is 315 g/mol. The molecule has 1 aromatic rings. The van der Waals surface area contributed by atoms with Crippen molar-refractivity contribution in [2.45, 2.75) is 36.8 Å². The van der Waals surface area contributed by atoms with Crippen LogP contribution in [0.5, 0.6) is 11.5 Å². The van der Waals surface area contributed by atoms with Gasteiger partial charge in [0.05, 0.1) is 19.6 Å². The third-order valence-corrected chi connectivity index (χ3v) is 5.70. The van der Waals surface area contributed by atoms with Crippen molar-refractivity contribution >= 4 is 5.78 Å². The van der Waals surface area contributed by atoms with Crippen LogP contribution in [0.3, 0.4) is 0 Å². The minimum absolute atomic E-state index is 0.226. The van der Waals surface area contributed by atoms with Crippen LogP contribution in [0.15, 0.2) is 18.2 Å². The summed E-state index contributed by atoms with van der Waals surface area (Å²) in [5.74, 6) is 1.61. The lowest BCUT2D eigenvalue weighted by atomic mass is 9.62. The van der Waals surface area contributed by atoms with E-state index >= 15 is 0 Å². The Morgan fingerprint density at radius 1 is 1.22 bits per heavy atom. The Bertz CT molecular complexity index is 681. The predicted molar refractivity (Wildman–Crippen MR) is 88.4 cm³/mol. The van der Waals surface area contributed by atoms with E-state index in [1.165, 1.54) is 0 Å². The molecule has 0 N–H and O–H groups in total. The van der Waals surface area contributed by atoms with Crippen molar-refractivity contribution in [2.75, 3.05) is 27.8 Å². The van der Waals surface area contributed by atoms with Crippen LogP contribution in [0.2, 0.25) is 0 Å². The quantitative estimate of drug-likeness (QED) is 0.860. The fraction of sp³-hybridized carbons (Fsp3) is 0.556. The summed E-state index contributed by atoms with van der Waals surface area (Å²) in [5, 5.41) is 0. The number of Topliss-reactive ketones (excluding diaryl/α,β-unsaturated/α-hetero) is 1. The van der Waals surface area contributed by atoms with Crippen molar-refractivity contribution in [2.24, 2.45) is 0 Å². The summed E-state index contributed by atoms with van der Waals surface area (Å²) >= 11 is 0. The van der Waals surface area contributed by atoms with E-state index in [9.17, 15) is 4.79 Å². The number of rotatable bonds is 3. The van der Waals surface area contributed by atoms with E-state index in [-0.39, 0.29) is 11.2 Å². The minimum Gasteiger partial charge on any atom is -0.493 e. The molecule has 23 heavy (non-hydrogen) atoms. The van der Waals surface area contributed by atoms with E-state index in [0.29, 0.717) is 24.3 Å². The second kappa shape index (κ2) is 5.54. The molecule has 5 nitrogen and oxygen atoms in total. The predicted octanol–water partition coefficient (Wildman–Crippen LogP) is 2.69. The largest absolute Gasteiger partial charge is 0.493 e. The molecule has 1 saturated carbocycles.